The first-order chi connectivity index (χ1) is 14.2. The molecule has 0 bridgehead atoms. The van der Waals surface area contributed by atoms with E-state index < -0.39 is 0 Å². The van der Waals surface area contributed by atoms with Gasteiger partial charge in [-0.3, -0.25) is 4.79 Å². The van der Waals surface area contributed by atoms with Gasteiger partial charge in [0, 0.05) is 6.42 Å². The number of hydrogen-bond acceptors (Lipinski definition) is 3. The van der Waals surface area contributed by atoms with E-state index in [0.717, 1.165) is 19.3 Å². The third-order valence-corrected chi connectivity index (χ3v) is 6.42. The van der Waals surface area contributed by atoms with Gasteiger partial charge in [0.2, 0.25) is 0 Å². The number of ether oxygens (including phenoxy) is 2. The van der Waals surface area contributed by atoms with E-state index in [9.17, 15) is 4.79 Å². The minimum atomic E-state index is 0.00358. The summed E-state index contributed by atoms with van der Waals surface area (Å²) in [5, 5.41) is 0. The molecule has 172 valence electrons. The molecule has 0 spiro atoms. The summed E-state index contributed by atoms with van der Waals surface area (Å²) in [4.78, 5) is 11.9. The van der Waals surface area contributed by atoms with Crippen LogP contribution >= 0.6 is 0 Å². The van der Waals surface area contributed by atoms with E-state index in [2.05, 4.69) is 20.8 Å². The molecule has 3 heteroatoms. The van der Waals surface area contributed by atoms with Crippen LogP contribution in [0.15, 0.2) is 0 Å². The van der Waals surface area contributed by atoms with E-state index in [-0.39, 0.29) is 5.97 Å². The van der Waals surface area contributed by atoms with Gasteiger partial charge in [-0.25, -0.2) is 0 Å². The Morgan fingerprint density at radius 2 is 1.31 bits per heavy atom. The van der Waals surface area contributed by atoms with Crippen LogP contribution in [0.25, 0.3) is 0 Å². The molecular weight excluding hydrogens is 360 g/mol. The van der Waals surface area contributed by atoms with Gasteiger partial charge in [0.25, 0.3) is 0 Å². The minimum Gasteiger partial charge on any atom is -0.465 e. The molecule has 1 fully saturated rings. The highest BCUT2D eigenvalue weighted by molar-refractivity contribution is 5.69. The molecule has 1 aliphatic heterocycles. The number of carbonyl (C=O) groups is 1. The number of unbranched alkanes of at least 4 members (excludes halogenated alkanes) is 10. The highest BCUT2D eigenvalue weighted by atomic mass is 16.6. The predicted molar refractivity (Wildman–Crippen MR) is 123 cm³/mol. The number of hydrogen-bond donors (Lipinski definition) is 0. The van der Waals surface area contributed by atoms with Gasteiger partial charge in [-0.15, -0.1) is 0 Å². The lowest BCUT2D eigenvalue weighted by atomic mass is 10.0. The van der Waals surface area contributed by atoms with Crippen molar-refractivity contribution in [1.29, 1.82) is 0 Å². The lowest BCUT2D eigenvalue weighted by molar-refractivity contribution is -0.145. The average Bonchev–Trinajstić information content (AvgIpc) is 3.48. The molecule has 0 aromatic carbocycles. The van der Waals surface area contributed by atoms with E-state index in [4.69, 9.17) is 9.47 Å². The SMILES string of the molecule is CCCCCCCCC1OC1CCCCCCCC(=O)OCC(CC)CCCC. The first kappa shape index (κ1) is 26.5. The number of carbonyl (C=O) groups excluding carboxylic acids is 1. The van der Waals surface area contributed by atoms with E-state index in [1.807, 2.05) is 0 Å². The highest BCUT2D eigenvalue weighted by Crippen LogP contribution is 2.31. The lowest BCUT2D eigenvalue weighted by Crippen LogP contribution is -2.13. The Morgan fingerprint density at radius 3 is 1.90 bits per heavy atom. The van der Waals surface area contributed by atoms with Gasteiger partial charge in [0.1, 0.15) is 0 Å². The van der Waals surface area contributed by atoms with Crippen molar-refractivity contribution in [2.24, 2.45) is 5.92 Å². The molecule has 3 nitrogen and oxygen atoms in total. The summed E-state index contributed by atoms with van der Waals surface area (Å²) in [5.41, 5.74) is 0. The molecule has 0 N–H and O–H groups in total. The summed E-state index contributed by atoms with van der Waals surface area (Å²) in [6.45, 7) is 7.30. The van der Waals surface area contributed by atoms with Crippen molar-refractivity contribution in [3.05, 3.63) is 0 Å². The van der Waals surface area contributed by atoms with Crippen LogP contribution in [0.1, 0.15) is 136 Å². The molecule has 1 rings (SSSR count). The largest absolute Gasteiger partial charge is 0.465 e. The number of epoxide rings is 1. The molecule has 1 heterocycles. The first-order valence-corrected chi connectivity index (χ1v) is 13.0. The van der Waals surface area contributed by atoms with Crippen molar-refractivity contribution >= 4 is 5.97 Å². The second-order valence-corrected chi connectivity index (χ2v) is 9.18. The first-order valence-electron chi connectivity index (χ1n) is 13.0. The topological polar surface area (TPSA) is 38.8 Å². The van der Waals surface area contributed by atoms with Crippen LogP contribution in [0.3, 0.4) is 0 Å². The zero-order chi connectivity index (χ0) is 21.2. The number of rotatable bonds is 21. The Morgan fingerprint density at radius 1 is 0.759 bits per heavy atom. The standard InChI is InChI=1S/C26H50O3/c1-4-7-9-10-12-15-19-24-25(29-24)20-16-13-11-14-17-21-26(27)28-22-23(6-3)18-8-5-2/h23-25H,4-22H2,1-3H3. The summed E-state index contributed by atoms with van der Waals surface area (Å²) in [5.74, 6) is 0.553. The van der Waals surface area contributed by atoms with Gasteiger partial charge in [-0.2, -0.15) is 0 Å². The second kappa shape index (κ2) is 18.2. The monoisotopic (exact) mass is 410 g/mol. The predicted octanol–water partition coefficient (Wildman–Crippen LogP) is 7.99. The maximum Gasteiger partial charge on any atom is 0.305 e. The Bertz CT molecular complexity index is 382. The summed E-state index contributed by atoms with van der Waals surface area (Å²) in [7, 11) is 0. The summed E-state index contributed by atoms with van der Waals surface area (Å²) in [6.07, 6.45) is 23.1. The molecule has 0 saturated carbocycles. The minimum absolute atomic E-state index is 0.00358. The van der Waals surface area contributed by atoms with Crippen molar-refractivity contribution in [3.8, 4) is 0 Å². The maximum atomic E-state index is 11.9. The quantitative estimate of drug-likeness (QED) is 0.109. The van der Waals surface area contributed by atoms with E-state index in [1.54, 1.807) is 0 Å². The van der Waals surface area contributed by atoms with Gasteiger partial charge >= 0.3 is 5.97 Å². The van der Waals surface area contributed by atoms with Gasteiger partial charge in [0.15, 0.2) is 0 Å². The summed E-state index contributed by atoms with van der Waals surface area (Å²) >= 11 is 0. The fourth-order valence-corrected chi connectivity index (χ4v) is 4.14. The van der Waals surface area contributed by atoms with Gasteiger partial charge < -0.3 is 9.47 Å². The van der Waals surface area contributed by atoms with Crippen LogP contribution in [-0.2, 0) is 14.3 Å². The van der Waals surface area contributed by atoms with Crippen LogP contribution in [0.2, 0.25) is 0 Å². The Kier molecular flexibility index (Phi) is 16.6. The molecule has 0 radical (unpaired) electrons. The molecule has 3 atom stereocenters. The van der Waals surface area contributed by atoms with Crippen LogP contribution < -0.4 is 0 Å². The molecule has 1 saturated heterocycles. The van der Waals surface area contributed by atoms with E-state index in [1.165, 1.54) is 89.9 Å². The molecule has 0 aliphatic carbocycles. The van der Waals surface area contributed by atoms with Gasteiger partial charge in [0.05, 0.1) is 18.8 Å². The highest BCUT2D eigenvalue weighted by Gasteiger charge is 2.36. The third kappa shape index (κ3) is 15.0. The van der Waals surface area contributed by atoms with Crippen molar-refractivity contribution in [3.63, 3.8) is 0 Å². The van der Waals surface area contributed by atoms with Gasteiger partial charge in [-0.05, 0) is 31.6 Å². The smallest absolute Gasteiger partial charge is 0.305 e. The van der Waals surface area contributed by atoms with E-state index >= 15 is 0 Å². The van der Waals surface area contributed by atoms with Crippen LogP contribution in [0, 0.1) is 5.92 Å². The second-order valence-electron chi connectivity index (χ2n) is 9.18. The average molecular weight is 411 g/mol. The van der Waals surface area contributed by atoms with Crippen molar-refractivity contribution in [1.82, 2.24) is 0 Å². The maximum absolute atomic E-state index is 11.9. The Balaban J connectivity index is 1.84. The fourth-order valence-electron chi connectivity index (χ4n) is 4.14. The molecule has 0 amide bonds. The molecule has 3 unspecified atom stereocenters. The van der Waals surface area contributed by atoms with Gasteiger partial charge in [-0.1, -0.05) is 104 Å². The van der Waals surface area contributed by atoms with E-state index in [0.29, 0.717) is 31.2 Å². The molecule has 29 heavy (non-hydrogen) atoms. The summed E-state index contributed by atoms with van der Waals surface area (Å²) in [6, 6.07) is 0. The zero-order valence-electron chi connectivity index (χ0n) is 19.9. The molecule has 1 aliphatic rings. The zero-order valence-corrected chi connectivity index (χ0v) is 19.9. The Hall–Kier alpha value is -0.570. The van der Waals surface area contributed by atoms with Crippen molar-refractivity contribution < 1.29 is 14.3 Å². The molecular formula is C26H50O3. The van der Waals surface area contributed by atoms with Crippen molar-refractivity contribution in [2.75, 3.05) is 6.61 Å². The fraction of sp³-hybridized carbons (Fsp3) is 0.962. The van der Waals surface area contributed by atoms with Crippen LogP contribution in [0.5, 0.6) is 0 Å². The van der Waals surface area contributed by atoms with Crippen molar-refractivity contribution in [2.45, 2.75) is 149 Å². The Labute approximate surface area is 181 Å². The molecule has 0 aromatic heterocycles. The van der Waals surface area contributed by atoms with Crippen LogP contribution in [0.4, 0.5) is 0 Å². The number of esters is 1. The van der Waals surface area contributed by atoms with Crippen LogP contribution in [-0.4, -0.2) is 24.8 Å². The summed E-state index contributed by atoms with van der Waals surface area (Å²) < 4.78 is 11.3. The molecule has 0 aromatic rings. The third-order valence-electron chi connectivity index (χ3n) is 6.42. The normalized spacial score (nSPS) is 19.3. The lowest BCUT2D eigenvalue weighted by Gasteiger charge is -2.14.